The molecule has 104 valence electrons. The molecule has 1 aromatic carbocycles. The van der Waals surface area contributed by atoms with Crippen molar-refractivity contribution < 1.29 is 14.4 Å². The van der Waals surface area contributed by atoms with Crippen LogP contribution in [0.3, 0.4) is 0 Å². The lowest BCUT2D eigenvalue weighted by Crippen LogP contribution is -2.00. The molecule has 0 saturated heterocycles. The van der Waals surface area contributed by atoms with Gasteiger partial charge in [0.05, 0.1) is 18.1 Å². The fraction of sp³-hybridized carbons (Fsp3) is 0.167. The van der Waals surface area contributed by atoms with Crippen molar-refractivity contribution in [1.82, 2.24) is 9.97 Å². The maximum atomic E-state index is 10.8. The monoisotopic (exact) mass is 276 g/mol. The lowest BCUT2D eigenvalue weighted by atomic mass is 10.3. The lowest BCUT2D eigenvalue weighted by molar-refractivity contribution is -0.384. The van der Waals surface area contributed by atoms with Gasteiger partial charge in [-0.25, -0.2) is 4.98 Å². The summed E-state index contributed by atoms with van der Waals surface area (Å²) in [5.41, 5.74) is 6.02. The smallest absolute Gasteiger partial charge is 0.273 e. The minimum Gasteiger partial charge on any atom is -0.493 e. The number of anilines is 1. The van der Waals surface area contributed by atoms with Gasteiger partial charge >= 0.3 is 0 Å². The summed E-state index contributed by atoms with van der Waals surface area (Å²) < 4.78 is 10.6. The van der Waals surface area contributed by atoms with E-state index in [4.69, 9.17) is 15.2 Å². The quantitative estimate of drug-likeness (QED) is 0.671. The third-order valence-corrected chi connectivity index (χ3v) is 2.51. The maximum absolute atomic E-state index is 10.8. The van der Waals surface area contributed by atoms with Crippen LogP contribution in [0.4, 0.5) is 11.6 Å². The zero-order valence-electron chi connectivity index (χ0n) is 10.9. The molecule has 0 fully saturated rings. The number of nitro groups is 1. The van der Waals surface area contributed by atoms with Crippen LogP contribution in [0.15, 0.2) is 24.4 Å². The van der Waals surface area contributed by atoms with Gasteiger partial charge in [-0.05, 0) is 13.0 Å². The molecule has 0 unspecified atom stereocenters. The number of aryl methyl sites for hydroxylation is 1. The molecule has 8 heteroatoms. The van der Waals surface area contributed by atoms with Gasteiger partial charge in [0.1, 0.15) is 0 Å². The molecule has 0 aliphatic rings. The number of benzene rings is 1. The van der Waals surface area contributed by atoms with Crippen molar-refractivity contribution in [3.8, 4) is 17.4 Å². The maximum Gasteiger partial charge on any atom is 0.273 e. The van der Waals surface area contributed by atoms with Gasteiger partial charge in [0, 0.05) is 17.8 Å². The fourth-order valence-electron chi connectivity index (χ4n) is 1.51. The van der Waals surface area contributed by atoms with Gasteiger partial charge in [0.25, 0.3) is 5.69 Å². The summed E-state index contributed by atoms with van der Waals surface area (Å²) in [5, 5.41) is 10.8. The highest BCUT2D eigenvalue weighted by atomic mass is 16.6. The molecule has 0 saturated carbocycles. The highest BCUT2D eigenvalue weighted by Gasteiger charge is 2.15. The largest absolute Gasteiger partial charge is 0.493 e. The van der Waals surface area contributed by atoms with Crippen LogP contribution >= 0.6 is 0 Å². The van der Waals surface area contributed by atoms with Gasteiger partial charge < -0.3 is 15.2 Å². The van der Waals surface area contributed by atoms with Gasteiger partial charge in [0.15, 0.2) is 11.5 Å². The molecule has 0 radical (unpaired) electrons. The second kappa shape index (κ2) is 5.39. The molecule has 2 aromatic rings. The van der Waals surface area contributed by atoms with Gasteiger partial charge in [-0.2, -0.15) is 4.98 Å². The van der Waals surface area contributed by atoms with Crippen molar-refractivity contribution in [2.45, 2.75) is 6.92 Å². The Morgan fingerprint density at radius 1 is 1.35 bits per heavy atom. The highest BCUT2D eigenvalue weighted by Crippen LogP contribution is 2.34. The van der Waals surface area contributed by atoms with Crippen molar-refractivity contribution in [3.05, 3.63) is 40.1 Å². The first kappa shape index (κ1) is 13.5. The molecule has 1 heterocycles. The van der Waals surface area contributed by atoms with Gasteiger partial charge in [-0.15, -0.1) is 0 Å². The second-order valence-electron chi connectivity index (χ2n) is 3.91. The lowest BCUT2D eigenvalue weighted by Gasteiger charge is -2.10. The van der Waals surface area contributed by atoms with Crippen molar-refractivity contribution in [2.75, 3.05) is 12.8 Å². The van der Waals surface area contributed by atoms with Crippen LogP contribution in [0.1, 0.15) is 5.56 Å². The minimum absolute atomic E-state index is 0.0509. The Hall–Kier alpha value is -2.90. The van der Waals surface area contributed by atoms with Crippen LogP contribution in [0.2, 0.25) is 0 Å². The number of nitrogen functional groups attached to an aromatic ring is 1. The molecular formula is C12H12N4O4. The molecule has 8 nitrogen and oxygen atoms in total. The van der Waals surface area contributed by atoms with E-state index >= 15 is 0 Å². The number of nitro benzene ring substituents is 1. The van der Waals surface area contributed by atoms with Crippen LogP contribution in [0, 0.1) is 17.0 Å². The molecule has 0 aliphatic heterocycles. The normalized spacial score (nSPS) is 10.1. The van der Waals surface area contributed by atoms with E-state index in [1.807, 2.05) is 0 Å². The van der Waals surface area contributed by atoms with E-state index in [9.17, 15) is 10.1 Å². The van der Waals surface area contributed by atoms with Crippen LogP contribution in [-0.4, -0.2) is 22.0 Å². The predicted octanol–water partition coefficient (Wildman–Crippen LogP) is 2.08. The molecular weight excluding hydrogens is 264 g/mol. The number of nitrogens with zero attached hydrogens (tertiary/aromatic N) is 3. The molecule has 0 amide bonds. The molecule has 20 heavy (non-hydrogen) atoms. The number of aromatic nitrogens is 2. The SMILES string of the molecule is COc1ccc([N+](=O)[O-])cc1Oc1nc(N)ncc1C. The van der Waals surface area contributed by atoms with E-state index in [-0.39, 0.29) is 23.3 Å². The average Bonchev–Trinajstić information content (AvgIpc) is 2.42. The topological polar surface area (TPSA) is 113 Å². The van der Waals surface area contributed by atoms with Crippen LogP contribution in [0.5, 0.6) is 17.4 Å². The summed E-state index contributed by atoms with van der Waals surface area (Å²) in [6.45, 7) is 1.73. The number of nitrogens with two attached hydrogens (primary N) is 1. The summed E-state index contributed by atoms with van der Waals surface area (Å²) in [4.78, 5) is 18.0. The third-order valence-electron chi connectivity index (χ3n) is 2.51. The predicted molar refractivity (Wildman–Crippen MR) is 70.9 cm³/mol. The summed E-state index contributed by atoms with van der Waals surface area (Å²) >= 11 is 0. The first-order valence-corrected chi connectivity index (χ1v) is 5.60. The Balaban J connectivity index is 2.43. The molecule has 1 aromatic heterocycles. The Morgan fingerprint density at radius 2 is 2.10 bits per heavy atom. The third kappa shape index (κ3) is 2.74. The number of hydrogen-bond acceptors (Lipinski definition) is 7. The zero-order chi connectivity index (χ0) is 14.7. The number of rotatable bonds is 4. The van der Waals surface area contributed by atoms with E-state index in [2.05, 4.69) is 9.97 Å². The molecule has 0 atom stereocenters. The van der Waals surface area contributed by atoms with E-state index in [1.165, 1.54) is 31.5 Å². The number of methoxy groups -OCH3 is 1. The summed E-state index contributed by atoms with van der Waals surface area (Å²) in [6, 6.07) is 4.04. The molecule has 2 N–H and O–H groups in total. The highest BCUT2D eigenvalue weighted by molar-refractivity contribution is 5.50. The van der Waals surface area contributed by atoms with Gasteiger partial charge in [-0.3, -0.25) is 10.1 Å². The number of non-ortho nitro benzene ring substituents is 1. The van der Waals surface area contributed by atoms with Crippen LogP contribution in [0.25, 0.3) is 0 Å². The van der Waals surface area contributed by atoms with Crippen molar-refractivity contribution in [1.29, 1.82) is 0 Å². The Kier molecular flexibility index (Phi) is 3.65. The number of ether oxygens (including phenoxy) is 2. The Bertz CT molecular complexity index is 660. The Morgan fingerprint density at radius 3 is 2.75 bits per heavy atom. The Labute approximate surface area is 114 Å². The standard InChI is InChI=1S/C12H12N4O4/c1-7-6-14-12(13)15-11(7)20-10-5-8(16(17)18)3-4-9(10)19-2/h3-6H,1-2H3,(H2,13,14,15). The summed E-state index contributed by atoms with van der Waals surface area (Å²) in [7, 11) is 1.44. The van der Waals surface area contributed by atoms with Crippen molar-refractivity contribution in [3.63, 3.8) is 0 Å². The van der Waals surface area contributed by atoms with E-state index < -0.39 is 4.92 Å². The van der Waals surface area contributed by atoms with Crippen molar-refractivity contribution >= 4 is 11.6 Å². The first-order chi connectivity index (χ1) is 9.51. The van der Waals surface area contributed by atoms with E-state index in [0.29, 0.717) is 11.3 Å². The zero-order valence-corrected chi connectivity index (χ0v) is 10.9. The minimum atomic E-state index is -0.520. The molecule has 0 aliphatic carbocycles. The molecule has 2 rings (SSSR count). The van der Waals surface area contributed by atoms with Crippen LogP contribution < -0.4 is 15.2 Å². The van der Waals surface area contributed by atoms with Crippen molar-refractivity contribution in [2.24, 2.45) is 0 Å². The fourth-order valence-corrected chi connectivity index (χ4v) is 1.51. The number of hydrogen-bond donors (Lipinski definition) is 1. The van der Waals surface area contributed by atoms with Gasteiger partial charge in [-0.1, -0.05) is 0 Å². The van der Waals surface area contributed by atoms with E-state index in [1.54, 1.807) is 6.92 Å². The first-order valence-electron chi connectivity index (χ1n) is 5.60. The summed E-state index contributed by atoms with van der Waals surface area (Å²) in [5.74, 6) is 0.807. The van der Waals surface area contributed by atoms with E-state index in [0.717, 1.165) is 0 Å². The second-order valence-corrected chi connectivity index (χ2v) is 3.91. The van der Waals surface area contributed by atoms with Gasteiger partial charge in [0.2, 0.25) is 11.8 Å². The average molecular weight is 276 g/mol. The summed E-state index contributed by atoms with van der Waals surface area (Å²) in [6.07, 6.45) is 1.50. The molecule has 0 spiro atoms. The van der Waals surface area contributed by atoms with Crippen LogP contribution in [-0.2, 0) is 0 Å². The molecule has 0 bridgehead atoms.